The molecule has 2 saturated carbocycles. The summed E-state index contributed by atoms with van der Waals surface area (Å²) in [4.78, 5) is 27.7. The van der Waals surface area contributed by atoms with Crippen molar-refractivity contribution in [2.24, 2.45) is 11.0 Å². The summed E-state index contributed by atoms with van der Waals surface area (Å²) in [6, 6.07) is 3.16. The summed E-state index contributed by atoms with van der Waals surface area (Å²) in [6.07, 6.45) is 4.22. The lowest BCUT2D eigenvalue weighted by atomic mass is 10.0. The molecule has 0 amide bonds. The van der Waals surface area contributed by atoms with E-state index < -0.39 is 17.2 Å². The standard InChI is InChI=1S/C19H19FN4O3/c1-2-27-19(26)15-9-24(11-3-4-11)17-7-13(12-5-10(12)8-22-23-21)16(20)6-14(17)18(15)25/h6-7,9-12H,2-5,8H2,1H3. The van der Waals surface area contributed by atoms with Crippen LogP contribution in [0.4, 0.5) is 4.39 Å². The lowest BCUT2D eigenvalue weighted by Crippen LogP contribution is -2.21. The molecule has 0 N–H and O–H groups in total. The molecule has 0 radical (unpaired) electrons. The van der Waals surface area contributed by atoms with Crippen LogP contribution in [-0.4, -0.2) is 23.7 Å². The van der Waals surface area contributed by atoms with Crippen molar-refractivity contribution in [2.75, 3.05) is 13.2 Å². The molecule has 2 aromatic rings. The molecule has 2 aliphatic carbocycles. The third kappa shape index (κ3) is 3.17. The van der Waals surface area contributed by atoms with Crippen LogP contribution in [0.25, 0.3) is 21.3 Å². The molecule has 0 saturated heterocycles. The number of esters is 1. The first-order valence-electron chi connectivity index (χ1n) is 9.11. The molecular weight excluding hydrogens is 351 g/mol. The highest BCUT2D eigenvalue weighted by Gasteiger charge is 2.40. The first-order valence-corrected chi connectivity index (χ1v) is 9.11. The molecule has 0 bridgehead atoms. The molecule has 2 fully saturated rings. The largest absolute Gasteiger partial charge is 0.462 e. The molecule has 140 valence electrons. The molecule has 8 heteroatoms. The lowest BCUT2D eigenvalue weighted by molar-refractivity contribution is 0.0524. The number of aromatic nitrogens is 1. The van der Waals surface area contributed by atoms with Crippen LogP contribution in [0.15, 0.2) is 28.2 Å². The number of halogens is 1. The number of carbonyl (C=O) groups is 1. The van der Waals surface area contributed by atoms with Gasteiger partial charge >= 0.3 is 5.97 Å². The van der Waals surface area contributed by atoms with Gasteiger partial charge in [-0.15, -0.1) is 0 Å². The van der Waals surface area contributed by atoms with Gasteiger partial charge in [-0.1, -0.05) is 5.11 Å². The number of pyridine rings is 1. The van der Waals surface area contributed by atoms with Crippen LogP contribution in [-0.2, 0) is 4.74 Å². The molecule has 2 unspecified atom stereocenters. The Labute approximate surface area is 154 Å². The van der Waals surface area contributed by atoms with Crippen molar-refractivity contribution in [1.82, 2.24) is 4.57 Å². The Kier molecular flexibility index (Phi) is 4.36. The minimum atomic E-state index is -0.681. The summed E-state index contributed by atoms with van der Waals surface area (Å²) in [5, 5.41) is 3.77. The first kappa shape index (κ1) is 17.5. The minimum absolute atomic E-state index is 0.00705. The van der Waals surface area contributed by atoms with Gasteiger partial charge in [-0.25, -0.2) is 9.18 Å². The van der Waals surface area contributed by atoms with E-state index in [2.05, 4.69) is 10.0 Å². The quantitative estimate of drug-likeness (QED) is 0.332. The lowest BCUT2D eigenvalue weighted by Gasteiger charge is -2.14. The van der Waals surface area contributed by atoms with E-state index in [1.165, 1.54) is 6.07 Å². The van der Waals surface area contributed by atoms with Crippen LogP contribution < -0.4 is 5.43 Å². The number of nitrogens with zero attached hydrogens (tertiary/aromatic N) is 4. The zero-order chi connectivity index (χ0) is 19.1. The van der Waals surface area contributed by atoms with Gasteiger partial charge in [0.2, 0.25) is 5.43 Å². The SMILES string of the molecule is CCOC(=O)c1cn(C2CC2)c2cc(C3CC3CN=[N+]=[N-])c(F)cc2c1=O. The Balaban J connectivity index is 1.83. The molecule has 1 aromatic heterocycles. The predicted octanol–water partition coefficient (Wildman–Crippen LogP) is 4.07. The summed E-state index contributed by atoms with van der Waals surface area (Å²) in [6.45, 7) is 2.18. The van der Waals surface area contributed by atoms with Crippen LogP contribution >= 0.6 is 0 Å². The zero-order valence-electron chi connectivity index (χ0n) is 14.9. The first-order chi connectivity index (χ1) is 13.0. The molecule has 1 heterocycles. The maximum Gasteiger partial charge on any atom is 0.343 e. The van der Waals surface area contributed by atoms with Gasteiger partial charge < -0.3 is 9.30 Å². The number of azide groups is 1. The van der Waals surface area contributed by atoms with E-state index in [1.807, 2.05) is 4.57 Å². The normalized spacial score (nSPS) is 21.0. The molecule has 2 atom stereocenters. The Hall–Kier alpha value is -2.86. The van der Waals surface area contributed by atoms with Gasteiger partial charge in [-0.2, -0.15) is 0 Å². The van der Waals surface area contributed by atoms with Crippen molar-refractivity contribution >= 4 is 16.9 Å². The van der Waals surface area contributed by atoms with Crippen LogP contribution in [0.3, 0.4) is 0 Å². The second-order valence-electron chi connectivity index (χ2n) is 7.14. The van der Waals surface area contributed by atoms with E-state index in [4.69, 9.17) is 10.3 Å². The fraction of sp³-hybridized carbons (Fsp3) is 0.474. The van der Waals surface area contributed by atoms with Crippen LogP contribution in [0.1, 0.15) is 54.1 Å². The predicted molar refractivity (Wildman–Crippen MR) is 97.3 cm³/mol. The Morgan fingerprint density at radius 2 is 2.22 bits per heavy atom. The van der Waals surface area contributed by atoms with Crippen molar-refractivity contribution in [3.63, 3.8) is 0 Å². The van der Waals surface area contributed by atoms with Crippen molar-refractivity contribution in [3.8, 4) is 0 Å². The fourth-order valence-corrected chi connectivity index (χ4v) is 3.65. The third-order valence-electron chi connectivity index (χ3n) is 5.29. The molecule has 4 rings (SSSR count). The number of rotatable bonds is 6. The van der Waals surface area contributed by atoms with Gasteiger partial charge in [0.1, 0.15) is 11.4 Å². The van der Waals surface area contributed by atoms with Gasteiger partial charge in [0.15, 0.2) is 0 Å². The number of hydrogen-bond acceptors (Lipinski definition) is 4. The average molecular weight is 370 g/mol. The summed E-state index contributed by atoms with van der Waals surface area (Å²) in [5.74, 6) is -1.02. The van der Waals surface area contributed by atoms with E-state index in [9.17, 15) is 14.0 Å². The summed E-state index contributed by atoms with van der Waals surface area (Å²) < 4.78 is 21.6. The molecule has 7 nitrogen and oxygen atoms in total. The maximum atomic E-state index is 14.7. The van der Waals surface area contributed by atoms with Crippen LogP contribution in [0, 0.1) is 11.7 Å². The second-order valence-corrected chi connectivity index (χ2v) is 7.14. The summed E-state index contributed by atoms with van der Waals surface area (Å²) in [7, 11) is 0. The highest BCUT2D eigenvalue weighted by Crippen LogP contribution is 2.49. The number of ether oxygens (including phenoxy) is 1. The second kappa shape index (κ2) is 6.70. The number of benzene rings is 1. The van der Waals surface area contributed by atoms with Crippen molar-refractivity contribution < 1.29 is 13.9 Å². The van der Waals surface area contributed by atoms with Gasteiger partial charge in [0.25, 0.3) is 0 Å². The van der Waals surface area contributed by atoms with E-state index in [0.717, 1.165) is 19.3 Å². The molecule has 0 spiro atoms. The maximum absolute atomic E-state index is 14.7. The van der Waals surface area contributed by atoms with Crippen molar-refractivity contribution in [1.29, 1.82) is 0 Å². The Morgan fingerprint density at radius 3 is 2.89 bits per heavy atom. The summed E-state index contributed by atoms with van der Waals surface area (Å²) >= 11 is 0. The highest BCUT2D eigenvalue weighted by atomic mass is 19.1. The van der Waals surface area contributed by atoms with E-state index in [1.54, 1.807) is 19.2 Å². The topological polar surface area (TPSA) is 97.1 Å². The smallest absolute Gasteiger partial charge is 0.343 e. The Morgan fingerprint density at radius 1 is 1.44 bits per heavy atom. The fourth-order valence-electron chi connectivity index (χ4n) is 3.65. The van der Waals surface area contributed by atoms with Crippen molar-refractivity contribution in [3.05, 3.63) is 55.9 Å². The summed E-state index contributed by atoms with van der Waals surface area (Å²) in [5.41, 5.74) is 9.06. The van der Waals surface area contributed by atoms with Crippen molar-refractivity contribution in [2.45, 2.75) is 38.1 Å². The molecule has 0 aliphatic heterocycles. The Bertz CT molecular complexity index is 1040. The van der Waals surface area contributed by atoms with Gasteiger partial charge in [0, 0.05) is 29.1 Å². The van der Waals surface area contributed by atoms with E-state index in [-0.39, 0.29) is 35.4 Å². The van der Waals surface area contributed by atoms with Crippen LogP contribution in [0.5, 0.6) is 0 Å². The minimum Gasteiger partial charge on any atom is -0.462 e. The highest BCUT2D eigenvalue weighted by molar-refractivity contribution is 5.94. The third-order valence-corrected chi connectivity index (χ3v) is 5.29. The average Bonchev–Trinajstić information content (AvgIpc) is 3.55. The van der Waals surface area contributed by atoms with Gasteiger partial charge in [-0.05, 0) is 61.2 Å². The number of carbonyl (C=O) groups excluding carboxylic acids is 1. The van der Waals surface area contributed by atoms with E-state index in [0.29, 0.717) is 17.6 Å². The number of hydrogen-bond donors (Lipinski definition) is 0. The molecule has 27 heavy (non-hydrogen) atoms. The molecule has 2 aliphatic rings. The molecular formula is C19H19FN4O3. The van der Waals surface area contributed by atoms with Gasteiger partial charge in [-0.3, -0.25) is 4.79 Å². The zero-order valence-corrected chi connectivity index (χ0v) is 14.9. The number of fused-ring (bicyclic) bond motifs is 1. The van der Waals surface area contributed by atoms with Gasteiger partial charge in [0.05, 0.1) is 12.1 Å². The monoisotopic (exact) mass is 370 g/mol. The molecule has 1 aromatic carbocycles. The van der Waals surface area contributed by atoms with E-state index >= 15 is 0 Å². The van der Waals surface area contributed by atoms with Crippen LogP contribution in [0.2, 0.25) is 0 Å².